The lowest BCUT2D eigenvalue weighted by atomic mass is 9.89. The summed E-state index contributed by atoms with van der Waals surface area (Å²) in [5, 5.41) is 10.8. The van der Waals surface area contributed by atoms with E-state index in [-0.39, 0.29) is 0 Å². The Morgan fingerprint density at radius 1 is 1.47 bits per heavy atom. The van der Waals surface area contributed by atoms with Gasteiger partial charge in [-0.05, 0) is 51.0 Å². The lowest BCUT2D eigenvalue weighted by Gasteiger charge is -2.22. The van der Waals surface area contributed by atoms with Gasteiger partial charge in [-0.3, -0.25) is 0 Å². The Hall–Kier alpha value is -0.730. The fraction of sp³-hybridized carbons (Fsp3) is 0.571. The van der Waals surface area contributed by atoms with Crippen molar-refractivity contribution in [2.75, 3.05) is 18.0 Å². The minimum absolute atomic E-state index is 0.378. The molecule has 0 spiro atoms. The zero-order valence-electron chi connectivity index (χ0n) is 10.7. The normalized spacial score (nSPS) is 19.6. The molecule has 0 aliphatic carbocycles. The standard InChI is InChI=1S/C14H20ClNO/c1-4-16-9-10(8-14(2,3)17)12-7-11(15)5-6-13(12)16/h5-7,10,17H,4,8-9H2,1-3H3. The maximum atomic E-state index is 9.98. The molecule has 0 radical (unpaired) electrons. The first kappa shape index (κ1) is 12.7. The number of hydrogen-bond acceptors (Lipinski definition) is 2. The smallest absolute Gasteiger partial charge is 0.0598 e. The van der Waals surface area contributed by atoms with Crippen LogP contribution in [0.5, 0.6) is 0 Å². The van der Waals surface area contributed by atoms with E-state index < -0.39 is 5.60 Å². The van der Waals surface area contributed by atoms with Crippen molar-refractivity contribution in [2.45, 2.75) is 38.7 Å². The van der Waals surface area contributed by atoms with E-state index in [2.05, 4.69) is 17.9 Å². The Morgan fingerprint density at radius 3 is 2.76 bits per heavy atom. The second-order valence-electron chi connectivity index (χ2n) is 5.46. The number of aliphatic hydroxyl groups is 1. The molecule has 94 valence electrons. The zero-order chi connectivity index (χ0) is 12.6. The van der Waals surface area contributed by atoms with E-state index in [1.807, 2.05) is 26.0 Å². The lowest BCUT2D eigenvalue weighted by Crippen LogP contribution is -2.26. The number of nitrogens with zero attached hydrogens (tertiary/aromatic N) is 1. The van der Waals surface area contributed by atoms with Gasteiger partial charge in [0.1, 0.15) is 0 Å². The molecule has 2 rings (SSSR count). The number of anilines is 1. The average molecular weight is 254 g/mol. The maximum absolute atomic E-state index is 9.98. The van der Waals surface area contributed by atoms with E-state index in [0.29, 0.717) is 5.92 Å². The van der Waals surface area contributed by atoms with E-state index in [1.165, 1.54) is 11.3 Å². The van der Waals surface area contributed by atoms with Gasteiger partial charge in [-0.1, -0.05) is 11.6 Å². The highest BCUT2D eigenvalue weighted by Crippen LogP contribution is 2.41. The van der Waals surface area contributed by atoms with Crippen LogP contribution in [-0.4, -0.2) is 23.8 Å². The van der Waals surface area contributed by atoms with E-state index in [9.17, 15) is 5.11 Å². The molecule has 1 N–H and O–H groups in total. The highest BCUT2D eigenvalue weighted by molar-refractivity contribution is 6.30. The summed E-state index contributed by atoms with van der Waals surface area (Å²) in [4.78, 5) is 2.35. The van der Waals surface area contributed by atoms with Crippen molar-refractivity contribution in [2.24, 2.45) is 0 Å². The average Bonchev–Trinajstić information content (AvgIpc) is 2.54. The predicted molar refractivity (Wildman–Crippen MR) is 73.0 cm³/mol. The quantitative estimate of drug-likeness (QED) is 0.892. The monoisotopic (exact) mass is 253 g/mol. The highest BCUT2D eigenvalue weighted by Gasteiger charge is 2.31. The van der Waals surface area contributed by atoms with Crippen LogP contribution in [0.25, 0.3) is 0 Å². The summed E-state index contributed by atoms with van der Waals surface area (Å²) in [7, 11) is 0. The molecule has 0 fully saturated rings. The van der Waals surface area contributed by atoms with Crippen molar-refractivity contribution in [3.63, 3.8) is 0 Å². The molecule has 1 aliphatic heterocycles. The topological polar surface area (TPSA) is 23.5 Å². The first-order chi connectivity index (χ1) is 7.90. The highest BCUT2D eigenvalue weighted by atomic mass is 35.5. The number of likely N-dealkylation sites (N-methyl/N-ethyl adjacent to an activating group) is 1. The van der Waals surface area contributed by atoms with Crippen LogP contribution in [0, 0.1) is 0 Å². The van der Waals surface area contributed by atoms with E-state index in [1.54, 1.807) is 0 Å². The lowest BCUT2D eigenvalue weighted by molar-refractivity contribution is 0.0644. The van der Waals surface area contributed by atoms with Crippen molar-refractivity contribution in [1.82, 2.24) is 0 Å². The Morgan fingerprint density at radius 2 is 2.18 bits per heavy atom. The molecule has 3 heteroatoms. The Bertz CT molecular complexity index is 411. The zero-order valence-corrected chi connectivity index (χ0v) is 11.5. The third-order valence-corrected chi connectivity index (χ3v) is 3.57. The molecule has 1 unspecified atom stereocenters. The third-order valence-electron chi connectivity index (χ3n) is 3.34. The number of hydrogen-bond donors (Lipinski definition) is 1. The van der Waals surface area contributed by atoms with E-state index in [0.717, 1.165) is 24.5 Å². The fourth-order valence-corrected chi connectivity index (χ4v) is 2.86. The van der Waals surface area contributed by atoms with Gasteiger partial charge in [-0.15, -0.1) is 0 Å². The molecular weight excluding hydrogens is 234 g/mol. The Balaban J connectivity index is 2.32. The minimum atomic E-state index is -0.631. The van der Waals surface area contributed by atoms with Gasteiger partial charge in [0.2, 0.25) is 0 Å². The van der Waals surface area contributed by atoms with Crippen LogP contribution in [0.3, 0.4) is 0 Å². The summed E-state index contributed by atoms with van der Waals surface area (Å²) in [5.74, 6) is 0.378. The molecule has 1 aromatic carbocycles. The summed E-state index contributed by atoms with van der Waals surface area (Å²) in [6.07, 6.45) is 0.775. The first-order valence-corrected chi connectivity index (χ1v) is 6.55. The molecule has 17 heavy (non-hydrogen) atoms. The number of fused-ring (bicyclic) bond motifs is 1. The van der Waals surface area contributed by atoms with Gasteiger partial charge < -0.3 is 10.0 Å². The first-order valence-electron chi connectivity index (χ1n) is 6.17. The minimum Gasteiger partial charge on any atom is -0.390 e. The van der Waals surface area contributed by atoms with Crippen molar-refractivity contribution >= 4 is 17.3 Å². The van der Waals surface area contributed by atoms with Crippen LogP contribution < -0.4 is 4.90 Å². The molecule has 0 aromatic heterocycles. The van der Waals surface area contributed by atoms with Gasteiger partial charge in [-0.2, -0.15) is 0 Å². The number of benzene rings is 1. The fourth-order valence-electron chi connectivity index (χ4n) is 2.68. The number of rotatable bonds is 3. The third kappa shape index (κ3) is 2.75. The predicted octanol–water partition coefficient (Wildman–Crippen LogP) is 3.42. The van der Waals surface area contributed by atoms with Crippen molar-refractivity contribution in [3.8, 4) is 0 Å². The van der Waals surface area contributed by atoms with Gasteiger partial charge in [0, 0.05) is 29.7 Å². The van der Waals surface area contributed by atoms with Crippen LogP contribution in [0.1, 0.15) is 38.7 Å². The summed E-state index contributed by atoms with van der Waals surface area (Å²) >= 11 is 6.07. The second-order valence-corrected chi connectivity index (χ2v) is 5.89. The van der Waals surface area contributed by atoms with Crippen molar-refractivity contribution in [1.29, 1.82) is 0 Å². The van der Waals surface area contributed by atoms with E-state index >= 15 is 0 Å². The molecule has 0 saturated carbocycles. The SMILES string of the molecule is CCN1CC(CC(C)(C)O)c2cc(Cl)ccc21. The molecule has 0 saturated heterocycles. The van der Waals surface area contributed by atoms with E-state index in [4.69, 9.17) is 11.6 Å². The van der Waals surface area contributed by atoms with Gasteiger partial charge in [-0.25, -0.2) is 0 Å². The van der Waals surface area contributed by atoms with Crippen LogP contribution in [0.4, 0.5) is 5.69 Å². The molecule has 0 amide bonds. The van der Waals surface area contributed by atoms with Crippen LogP contribution in [-0.2, 0) is 0 Å². The van der Waals surface area contributed by atoms with Crippen LogP contribution in [0.15, 0.2) is 18.2 Å². The van der Waals surface area contributed by atoms with Crippen molar-refractivity contribution < 1.29 is 5.11 Å². The van der Waals surface area contributed by atoms with Crippen LogP contribution >= 0.6 is 11.6 Å². The van der Waals surface area contributed by atoms with Gasteiger partial charge in [0.25, 0.3) is 0 Å². The molecule has 1 aliphatic rings. The van der Waals surface area contributed by atoms with Gasteiger partial charge in [0.05, 0.1) is 5.60 Å². The molecule has 1 heterocycles. The maximum Gasteiger partial charge on any atom is 0.0598 e. The molecule has 0 bridgehead atoms. The summed E-state index contributed by atoms with van der Waals surface area (Å²) in [6.45, 7) is 7.87. The summed E-state index contributed by atoms with van der Waals surface area (Å²) < 4.78 is 0. The molecule has 1 aromatic rings. The molecule has 1 atom stereocenters. The second kappa shape index (κ2) is 4.51. The van der Waals surface area contributed by atoms with Gasteiger partial charge >= 0.3 is 0 Å². The number of halogens is 1. The Kier molecular flexibility index (Phi) is 3.37. The van der Waals surface area contributed by atoms with Crippen LogP contribution in [0.2, 0.25) is 5.02 Å². The van der Waals surface area contributed by atoms with Gasteiger partial charge in [0.15, 0.2) is 0 Å². The largest absolute Gasteiger partial charge is 0.390 e. The summed E-state index contributed by atoms with van der Waals surface area (Å²) in [5.41, 5.74) is 1.92. The molecular formula is C14H20ClNO. The molecule has 2 nitrogen and oxygen atoms in total. The Labute approximate surface area is 108 Å². The van der Waals surface area contributed by atoms with Crippen molar-refractivity contribution in [3.05, 3.63) is 28.8 Å². The summed E-state index contributed by atoms with van der Waals surface area (Å²) in [6, 6.07) is 6.07.